The molecule has 1 atom stereocenters. The average molecular weight is 367 g/mol. The van der Waals surface area contributed by atoms with E-state index in [0.717, 1.165) is 16.5 Å². The van der Waals surface area contributed by atoms with Crippen molar-refractivity contribution in [2.75, 3.05) is 0 Å². The van der Waals surface area contributed by atoms with E-state index in [9.17, 15) is 9.90 Å². The number of rotatable bonds is 4. The lowest BCUT2D eigenvalue weighted by atomic mass is 9.75. The van der Waals surface area contributed by atoms with Crippen LogP contribution in [0.2, 0.25) is 5.02 Å². The zero-order valence-corrected chi connectivity index (χ0v) is 14.9. The number of benzene rings is 2. The minimum Gasteiger partial charge on any atom is -0.393 e. The maximum atomic E-state index is 12.8. The van der Waals surface area contributed by atoms with E-state index in [-0.39, 0.29) is 24.0 Å². The van der Waals surface area contributed by atoms with Gasteiger partial charge in [0.25, 0.3) is 5.91 Å². The Balaban J connectivity index is 1.65. The molecule has 5 heteroatoms. The van der Waals surface area contributed by atoms with Crippen LogP contribution >= 0.6 is 11.6 Å². The lowest BCUT2D eigenvalue weighted by Gasteiger charge is -2.38. The number of fused-ring (bicyclic) bond motifs is 1. The number of aliphatic hydroxyl groups excluding tert-OH is 1. The SMILES string of the molecule is O=C(NC(c1cnc2ccccc2c1)C1CC(O)C1)c1ccccc1Cl. The van der Waals surface area contributed by atoms with Gasteiger partial charge < -0.3 is 10.4 Å². The molecule has 2 aromatic carbocycles. The van der Waals surface area contributed by atoms with Crippen molar-refractivity contribution in [3.05, 3.63) is 76.9 Å². The first kappa shape index (κ1) is 17.0. The number of halogens is 1. The summed E-state index contributed by atoms with van der Waals surface area (Å²) in [6.07, 6.45) is 2.85. The van der Waals surface area contributed by atoms with E-state index >= 15 is 0 Å². The number of nitrogens with zero attached hydrogens (tertiary/aromatic N) is 1. The predicted molar refractivity (Wildman–Crippen MR) is 102 cm³/mol. The van der Waals surface area contributed by atoms with E-state index < -0.39 is 0 Å². The van der Waals surface area contributed by atoms with Crippen LogP contribution in [0.4, 0.5) is 0 Å². The maximum Gasteiger partial charge on any atom is 0.253 e. The minimum atomic E-state index is -0.298. The molecule has 1 amide bonds. The van der Waals surface area contributed by atoms with Crippen molar-refractivity contribution in [1.29, 1.82) is 0 Å². The van der Waals surface area contributed by atoms with Crippen molar-refractivity contribution < 1.29 is 9.90 Å². The van der Waals surface area contributed by atoms with Gasteiger partial charge in [-0.2, -0.15) is 0 Å². The average Bonchev–Trinajstić information content (AvgIpc) is 2.63. The number of pyridine rings is 1. The van der Waals surface area contributed by atoms with Gasteiger partial charge in [0.2, 0.25) is 0 Å². The molecule has 0 bridgehead atoms. The quantitative estimate of drug-likeness (QED) is 0.729. The second kappa shape index (κ2) is 7.06. The summed E-state index contributed by atoms with van der Waals surface area (Å²) in [5.41, 5.74) is 2.31. The van der Waals surface area contributed by atoms with E-state index in [0.29, 0.717) is 23.4 Å². The zero-order chi connectivity index (χ0) is 18.1. The molecule has 0 spiro atoms. The van der Waals surface area contributed by atoms with Crippen LogP contribution in [0.5, 0.6) is 0 Å². The Hall–Kier alpha value is -2.43. The minimum absolute atomic E-state index is 0.180. The van der Waals surface area contributed by atoms with Crippen LogP contribution < -0.4 is 5.32 Å². The van der Waals surface area contributed by atoms with Crippen LogP contribution in [0.3, 0.4) is 0 Å². The Morgan fingerprint density at radius 3 is 2.65 bits per heavy atom. The molecule has 1 unspecified atom stereocenters. The summed E-state index contributed by atoms with van der Waals surface area (Å²) in [6, 6.07) is 16.7. The van der Waals surface area contributed by atoms with E-state index in [2.05, 4.69) is 16.4 Å². The molecule has 1 aliphatic carbocycles. The molecular formula is C21H19ClN2O2. The fourth-order valence-corrected chi connectivity index (χ4v) is 3.72. The summed E-state index contributed by atoms with van der Waals surface area (Å²) in [7, 11) is 0. The number of amides is 1. The standard InChI is InChI=1S/C21H19ClN2O2/c22-18-7-3-2-6-17(18)21(26)24-20(14-10-16(25)11-14)15-9-13-5-1-4-8-19(13)23-12-15/h1-9,12,14,16,20,25H,10-11H2,(H,24,26). The summed E-state index contributed by atoms with van der Waals surface area (Å²) >= 11 is 6.16. The molecule has 132 valence electrons. The molecule has 4 nitrogen and oxygen atoms in total. The number of hydrogen-bond acceptors (Lipinski definition) is 3. The number of carbonyl (C=O) groups is 1. The first-order chi connectivity index (χ1) is 12.6. The van der Waals surface area contributed by atoms with E-state index in [1.54, 1.807) is 24.3 Å². The van der Waals surface area contributed by atoms with Gasteiger partial charge in [-0.05, 0) is 48.6 Å². The third kappa shape index (κ3) is 3.30. The molecule has 0 saturated heterocycles. The lowest BCUT2D eigenvalue weighted by Crippen LogP contribution is -2.41. The number of aromatic nitrogens is 1. The molecule has 1 aromatic heterocycles. The molecule has 4 rings (SSSR count). The first-order valence-corrected chi connectivity index (χ1v) is 9.08. The highest BCUT2D eigenvalue weighted by Crippen LogP contribution is 2.38. The van der Waals surface area contributed by atoms with Gasteiger partial charge in [0, 0.05) is 11.6 Å². The third-order valence-corrected chi connectivity index (χ3v) is 5.33. The van der Waals surface area contributed by atoms with Crippen LogP contribution in [0.1, 0.15) is 34.8 Å². The van der Waals surface area contributed by atoms with Gasteiger partial charge >= 0.3 is 0 Å². The number of aliphatic hydroxyl groups is 1. The summed E-state index contributed by atoms with van der Waals surface area (Å²) in [5.74, 6) is -0.0328. The molecule has 1 aliphatic rings. The fraction of sp³-hybridized carbons (Fsp3) is 0.238. The summed E-state index contributed by atoms with van der Waals surface area (Å²) in [6.45, 7) is 0. The van der Waals surface area contributed by atoms with Crippen molar-refractivity contribution in [1.82, 2.24) is 10.3 Å². The van der Waals surface area contributed by atoms with Crippen molar-refractivity contribution >= 4 is 28.4 Å². The maximum absolute atomic E-state index is 12.8. The molecule has 1 saturated carbocycles. The van der Waals surface area contributed by atoms with Crippen molar-refractivity contribution in [2.45, 2.75) is 25.0 Å². The number of carbonyl (C=O) groups excluding carboxylic acids is 1. The highest BCUT2D eigenvalue weighted by atomic mass is 35.5. The molecule has 1 fully saturated rings. The number of para-hydroxylation sites is 1. The van der Waals surface area contributed by atoms with Gasteiger partial charge in [0.1, 0.15) is 0 Å². The highest BCUT2D eigenvalue weighted by molar-refractivity contribution is 6.33. The first-order valence-electron chi connectivity index (χ1n) is 8.70. The smallest absolute Gasteiger partial charge is 0.253 e. The van der Waals surface area contributed by atoms with Gasteiger partial charge in [-0.25, -0.2) is 0 Å². The zero-order valence-electron chi connectivity index (χ0n) is 14.1. The highest BCUT2D eigenvalue weighted by Gasteiger charge is 2.36. The van der Waals surface area contributed by atoms with Crippen molar-refractivity contribution in [3.63, 3.8) is 0 Å². The molecular weight excluding hydrogens is 348 g/mol. The van der Waals surface area contributed by atoms with Gasteiger partial charge in [-0.3, -0.25) is 9.78 Å². The van der Waals surface area contributed by atoms with Crippen molar-refractivity contribution in [3.8, 4) is 0 Å². The normalized spacial score (nSPS) is 20.4. The van der Waals surface area contributed by atoms with E-state index in [1.165, 1.54) is 0 Å². The largest absolute Gasteiger partial charge is 0.393 e. The Morgan fingerprint density at radius 1 is 1.15 bits per heavy atom. The lowest BCUT2D eigenvalue weighted by molar-refractivity contribution is 0.0235. The second-order valence-corrected chi connectivity index (χ2v) is 7.18. The number of nitrogens with one attached hydrogen (secondary N) is 1. The second-order valence-electron chi connectivity index (χ2n) is 6.78. The Labute approximate surface area is 156 Å². The molecule has 3 aromatic rings. The monoisotopic (exact) mass is 366 g/mol. The van der Waals surface area contributed by atoms with E-state index in [4.69, 9.17) is 11.6 Å². The molecule has 1 heterocycles. The van der Waals surface area contributed by atoms with Crippen LogP contribution in [-0.2, 0) is 0 Å². The van der Waals surface area contributed by atoms with Crippen LogP contribution in [0, 0.1) is 5.92 Å². The van der Waals surface area contributed by atoms with Crippen molar-refractivity contribution in [2.24, 2.45) is 5.92 Å². The van der Waals surface area contributed by atoms with Crippen LogP contribution in [0.15, 0.2) is 60.8 Å². The Kier molecular flexibility index (Phi) is 4.62. The molecule has 2 N–H and O–H groups in total. The fourth-order valence-electron chi connectivity index (χ4n) is 3.50. The third-order valence-electron chi connectivity index (χ3n) is 5.00. The van der Waals surface area contributed by atoms with E-state index in [1.807, 2.05) is 30.5 Å². The topological polar surface area (TPSA) is 62.2 Å². The van der Waals surface area contributed by atoms with Gasteiger partial charge in [0.15, 0.2) is 0 Å². The predicted octanol–water partition coefficient (Wildman–Crippen LogP) is 4.13. The Morgan fingerprint density at radius 2 is 1.88 bits per heavy atom. The summed E-state index contributed by atoms with van der Waals surface area (Å²) < 4.78 is 0. The summed E-state index contributed by atoms with van der Waals surface area (Å²) in [5, 5.41) is 14.3. The number of hydrogen-bond donors (Lipinski definition) is 2. The van der Waals surface area contributed by atoms with Crippen LogP contribution in [0.25, 0.3) is 10.9 Å². The Bertz CT molecular complexity index is 953. The van der Waals surface area contributed by atoms with Gasteiger partial charge in [0.05, 0.1) is 28.2 Å². The molecule has 0 radical (unpaired) electrons. The molecule has 0 aliphatic heterocycles. The van der Waals surface area contributed by atoms with Gasteiger partial charge in [-0.15, -0.1) is 0 Å². The van der Waals surface area contributed by atoms with Gasteiger partial charge in [-0.1, -0.05) is 41.9 Å². The summed E-state index contributed by atoms with van der Waals surface area (Å²) in [4.78, 5) is 17.3. The van der Waals surface area contributed by atoms with Crippen LogP contribution in [-0.4, -0.2) is 22.1 Å². The molecule has 26 heavy (non-hydrogen) atoms.